The zero-order chi connectivity index (χ0) is 14.5. The van der Waals surface area contributed by atoms with E-state index in [0.717, 1.165) is 18.6 Å². The summed E-state index contributed by atoms with van der Waals surface area (Å²) in [7, 11) is 0. The fourth-order valence-electron chi connectivity index (χ4n) is 2.27. The number of aromatic nitrogens is 1. The van der Waals surface area contributed by atoms with Crippen molar-refractivity contribution in [3.8, 4) is 0 Å². The molecule has 20 heavy (non-hydrogen) atoms. The van der Waals surface area contributed by atoms with E-state index in [4.69, 9.17) is 0 Å². The summed E-state index contributed by atoms with van der Waals surface area (Å²) >= 11 is 0. The third-order valence-electron chi connectivity index (χ3n) is 3.18. The van der Waals surface area contributed by atoms with Gasteiger partial charge in [0.15, 0.2) is 0 Å². The largest absolute Gasteiger partial charge is 0.352 e. The van der Waals surface area contributed by atoms with Crippen molar-refractivity contribution in [3.05, 3.63) is 36.0 Å². The minimum absolute atomic E-state index is 0.0505. The Hall–Kier alpha value is -1.81. The van der Waals surface area contributed by atoms with E-state index in [0.29, 0.717) is 6.54 Å². The molecule has 0 fully saturated rings. The van der Waals surface area contributed by atoms with E-state index in [9.17, 15) is 4.79 Å². The van der Waals surface area contributed by atoms with Crippen molar-refractivity contribution < 1.29 is 4.79 Å². The van der Waals surface area contributed by atoms with Crippen molar-refractivity contribution in [2.75, 3.05) is 6.54 Å². The number of benzene rings is 1. The minimum Gasteiger partial charge on any atom is -0.352 e. The van der Waals surface area contributed by atoms with Crippen LogP contribution in [0.4, 0.5) is 0 Å². The number of carbonyl (C=O) groups excluding carboxylic acids is 1. The lowest BCUT2D eigenvalue weighted by Gasteiger charge is -2.10. The van der Waals surface area contributed by atoms with Crippen molar-refractivity contribution in [1.29, 1.82) is 0 Å². The van der Waals surface area contributed by atoms with Gasteiger partial charge in [0.25, 0.3) is 0 Å². The molecule has 0 saturated carbocycles. The van der Waals surface area contributed by atoms with E-state index in [-0.39, 0.29) is 11.9 Å². The van der Waals surface area contributed by atoms with Crippen LogP contribution in [0.25, 0.3) is 10.9 Å². The van der Waals surface area contributed by atoms with Crippen molar-refractivity contribution in [2.45, 2.75) is 39.9 Å². The summed E-state index contributed by atoms with van der Waals surface area (Å²) in [6, 6.07) is 8.62. The average Bonchev–Trinajstić information content (AvgIpc) is 2.78. The maximum atomic E-state index is 11.9. The van der Waals surface area contributed by atoms with Crippen LogP contribution in [0.15, 0.2) is 30.5 Å². The first-order valence-electron chi connectivity index (χ1n) is 7.18. The molecule has 4 nitrogen and oxygen atoms in total. The van der Waals surface area contributed by atoms with Crippen LogP contribution in [0, 0.1) is 0 Å². The first-order valence-corrected chi connectivity index (χ1v) is 7.18. The Balaban J connectivity index is 2.18. The quantitative estimate of drug-likeness (QED) is 0.848. The van der Waals surface area contributed by atoms with Gasteiger partial charge in [0.2, 0.25) is 5.91 Å². The van der Waals surface area contributed by atoms with Gasteiger partial charge in [-0.2, -0.15) is 0 Å². The molecule has 0 unspecified atom stereocenters. The van der Waals surface area contributed by atoms with Gasteiger partial charge in [-0.15, -0.1) is 0 Å². The zero-order valence-corrected chi connectivity index (χ0v) is 12.4. The molecule has 1 amide bonds. The molecule has 0 radical (unpaired) electrons. The number of hydrogen-bond acceptors (Lipinski definition) is 2. The number of fused-ring (bicyclic) bond motifs is 1. The zero-order valence-electron chi connectivity index (χ0n) is 12.4. The minimum atomic E-state index is 0.0505. The molecule has 1 aromatic carbocycles. The summed E-state index contributed by atoms with van der Waals surface area (Å²) in [5.41, 5.74) is 2.35. The van der Waals surface area contributed by atoms with E-state index in [1.807, 2.05) is 24.6 Å². The Morgan fingerprint density at radius 3 is 2.80 bits per heavy atom. The van der Waals surface area contributed by atoms with Crippen molar-refractivity contribution in [2.24, 2.45) is 0 Å². The van der Waals surface area contributed by atoms with Gasteiger partial charge >= 0.3 is 0 Å². The second-order valence-electron chi connectivity index (χ2n) is 5.34. The predicted molar refractivity (Wildman–Crippen MR) is 82.6 cm³/mol. The summed E-state index contributed by atoms with van der Waals surface area (Å²) in [6.45, 7) is 8.22. The highest BCUT2D eigenvalue weighted by Crippen LogP contribution is 2.17. The molecular weight excluding hydrogens is 250 g/mol. The highest BCUT2D eigenvalue weighted by Gasteiger charge is 2.07. The fraction of sp³-hybridized carbons (Fsp3) is 0.438. The smallest absolute Gasteiger partial charge is 0.240 e. The van der Waals surface area contributed by atoms with E-state index in [1.54, 1.807) is 0 Å². The van der Waals surface area contributed by atoms with Gasteiger partial charge < -0.3 is 15.2 Å². The normalized spacial score (nSPS) is 11.2. The van der Waals surface area contributed by atoms with Gasteiger partial charge in [0, 0.05) is 24.3 Å². The number of rotatable bonds is 6. The Kier molecular flexibility index (Phi) is 4.79. The molecular formula is C16H23N3O. The number of nitrogens with zero attached hydrogens (tertiary/aromatic N) is 1. The van der Waals surface area contributed by atoms with Crippen LogP contribution in [0.5, 0.6) is 0 Å². The first-order chi connectivity index (χ1) is 9.60. The van der Waals surface area contributed by atoms with Gasteiger partial charge in [0.05, 0.1) is 0 Å². The summed E-state index contributed by atoms with van der Waals surface area (Å²) < 4.78 is 2.00. The third kappa shape index (κ3) is 3.61. The lowest BCUT2D eigenvalue weighted by molar-refractivity contribution is -0.122. The summed E-state index contributed by atoms with van der Waals surface area (Å²) in [4.78, 5) is 11.9. The van der Waals surface area contributed by atoms with Crippen molar-refractivity contribution in [3.63, 3.8) is 0 Å². The number of hydrogen-bond donors (Lipinski definition) is 2. The molecule has 4 heteroatoms. The molecule has 1 aromatic heterocycles. The monoisotopic (exact) mass is 273 g/mol. The van der Waals surface area contributed by atoms with Crippen molar-refractivity contribution >= 4 is 16.8 Å². The summed E-state index contributed by atoms with van der Waals surface area (Å²) in [5, 5.41) is 7.41. The fourth-order valence-corrected chi connectivity index (χ4v) is 2.27. The molecule has 0 aliphatic rings. The first kappa shape index (κ1) is 14.6. The topological polar surface area (TPSA) is 46.1 Å². The molecule has 2 N–H and O–H groups in total. The molecule has 2 aromatic rings. The maximum Gasteiger partial charge on any atom is 0.240 e. The van der Waals surface area contributed by atoms with Gasteiger partial charge in [-0.1, -0.05) is 19.1 Å². The highest BCUT2D eigenvalue weighted by molar-refractivity contribution is 5.83. The number of nitrogens with one attached hydrogen (secondary N) is 2. The molecule has 0 spiro atoms. The van der Waals surface area contributed by atoms with Gasteiger partial charge in [0.1, 0.15) is 6.54 Å². The lowest BCUT2D eigenvalue weighted by Crippen LogP contribution is -2.32. The molecule has 0 bridgehead atoms. The SMILES string of the molecule is CCNCc1ccc2ccn(CC(=O)NC(C)C)c2c1. The van der Waals surface area contributed by atoms with Gasteiger partial charge in [-0.25, -0.2) is 0 Å². The number of carbonyl (C=O) groups is 1. The Morgan fingerprint density at radius 1 is 1.30 bits per heavy atom. The summed E-state index contributed by atoms with van der Waals surface area (Å²) in [5.74, 6) is 0.0505. The van der Waals surface area contributed by atoms with Crippen LogP contribution in [-0.4, -0.2) is 23.1 Å². The number of amides is 1. The van der Waals surface area contributed by atoms with Crippen LogP contribution in [0.2, 0.25) is 0 Å². The van der Waals surface area contributed by atoms with Crippen LogP contribution in [-0.2, 0) is 17.9 Å². The third-order valence-corrected chi connectivity index (χ3v) is 3.18. The Labute approximate surface area is 120 Å². The molecule has 0 aliphatic carbocycles. The average molecular weight is 273 g/mol. The van der Waals surface area contributed by atoms with Crippen molar-refractivity contribution in [1.82, 2.24) is 15.2 Å². The summed E-state index contributed by atoms with van der Waals surface area (Å²) in [6.07, 6.45) is 1.97. The second-order valence-corrected chi connectivity index (χ2v) is 5.34. The molecule has 0 aliphatic heterocycles. The van der Waals surface area contributed by atoms with Gasteiger partial charge in [-0.05, 0) is 43.5 Å². The van der Waals surface area contributed by atoms with Crippen LogP contribution in [0.3, 0.4) is 0 Å². The highest BCUT2D eigenvalue weighted by atomic mass is 16.2. The van der Waals surface area contributed by atoms with E-state index in [2.05, 4.69) is 41.8 Å². The standard InChI is InChI=1S/C16H23N3O/c1-4-17-10-13-5-6-14-7-8-19(15(14)9-13)11-16(20)18-12(2)3/h5-9,12,17H,4,10-11H2,1-3H3,(H,18,20). The predicted octanol–water partition coefficient (Wildman–Crippen LogP) is 2.28. The van der Waals surface area contributed by atoms with E-state index in [1.165, 1.54) is 10.9 Å². The molecule has 2 rings (SSSR count). The van der Waals surface area contributed by atoms with Crippen LogP contribution < -0.4 is 10.6 Å². The second kappa shape index (κ2) is 6.57. The maximum absolute atomic E-state index is 11.9. The molecule has 0 saturated heterocycles. The van der Waals surface area contributed by atoms with Crippen LogP contribution in [0.1, 0.15) is 26.3 Å². The van der Waals surface area contributed by atoms with E-state index >= 15 is 0 Å². The Bertz CT molecular complexity index is 586. The van der Waals surface area contributed by atoms with Crippen LogP contribution >= 0.6 is 0 Å². The molecule has 1 heterocycles. The lowest BCUT2D eigenvalue weighted by atomic mass is 10.1. The molecule has 0 atom stereocenters. The van der Waals surface area contributed by atoms with Gasteiger partial charge in [-0.3, -0.25) is 4.79 Å². The van der Waals surface area contributed by atoms with E-state index < -0.39 is 0 Å². The Morgan fingerprint density at radius 2 is 2.10 bits per heavy atom. The molecule has 108 valence electrons.